The van der Waals surface area contributed by atoms with Gasteiger partial charge in [-0.3, -0.25) is 19.4 Å². The van der Waals surface area contributed by atoms with Crippen LogP contribution < -0.4 is 0 Å². The third-order valence-electron chi connectivity index (χ3n) is 9.69. The molecule has 222 valence electrons. The van der Waals surface area contributed by atoms with Crippen molar-refractivity contribution in [1.82, 2.24) is 9.80 Å². The van der Waals surface area contributed by atoms with Gasteiger partial charge < -0.3 is 19.2 Å². The van der Waals surface area contributed by atoms with Crippen LogP contribution in [0.1, 0.15) is 63.0 Å². The van der Waals surface area contributed by atoms with Crippen LogP contribution >= 0.6 is 0 Å². The highest BCUT2D eigenvalue weighted by molar-refractivity contribution is 6.43. The molecule has 4 heterocycles. The molecule has 2 aromatic rings. The van der Waals surface area contributed by atoms with E-state index >= 15 is 0 Å². The number of hydrogen-bond acceptors (Lipinski definition) is 7. The summed E-state index contributed by atoms with van der Waals surface area (Å²) in [6, 6.07) is 13.9. The van der Waals surface area contributed by atoms with Gasteiger partial charge in [-0.05, 0) is 87.5 Å². The minimum atomic E-state index is -0.963. The first kappa shape index (κ1) is 29.1. The number of rotatable bonds is 8. The number of imide groups is 1. The highest BCUT2D eigenvalue weighted by Crippen LogP contribution is 2.51. The first-order chi connectivity index (χ1) is 20.3. The molecule has 4 atom stereocenters. The summed E-state index contributed by atoms with van der Waals surface area (Å²) in [7, 11) is -0.963. The Kier molecular flexibility index (Phi) is 8.55. The number of fused-ring (bicyclic) bond motifs is 3. The first-order valence-corrected chi connectivity index (χ1v) is 15.4. The van der Waals surface area contributed by atoms with Crippen molar-refractivity contribution < 1.29 is 28.8 Å². The summed E-state index contributed by atoms with van der Waals surface area (Å²) < 4.78 is 11.7. The lowest BCUT2D eigenvalue weighted by atomic mass is 9.59. The van der Waals surface area contributed by atoms with Crippen LogP contribution in [0.3, 0.4) is 0 Å². The van der Waals surface area contributed by atoms with E-state index < -0.39 is 13.0 Å². The molecule has 1 aromatic heterocycles. The monoisotopic (exact) mass is 572 g/mol. The van der Waals surface area contributed by atoms with Crippen molar-refractivity contribution in [2.45, 2.75) is 77.6 Å². The predicted octanol–water partition coefficient (Wildman–Crippen LogP) is 4.44. The molecule has 0 saturated carbocycles. The van der Waals surface area contributed by atoms with Crippen molar-refractivity contribution >= 4 is 25.0 Å². The van der Waals surface area contributed by atoms with E-state index in [1.54, 1.807) is 11.0 Å². The Labute approximate surface area is 248 Å². The van der Waals surface area contributed by atoms with Crippen molar-refractivity contribution in [1.29, 1.82) is 0 Å². The highest BCUT2D eigenvalue weighted by atomic mass is 16.5. The van der Waals surface area contributed by atoms with Crippen molar-refractivity contribution in [2.24, 2.45) is 17.8 Å². The van der Waals surface area contributed by atoms with E-state index in [4.69, 9.17) is 9.07 Å². The fourth-order valence-corrected chi connectivity index (χ4v) is 7.71. The quantitative estimate of drug-likeness (QED) is 0.274. The molecule has 0 unspecified atom stereocenters. The Morgan fingerprint density at radius 1 is 1.07 bits per heavy atom. The van der Waals surface area contributed by atoms with Gasteiger partial charge in [0.05, 0.1) is 17.9 Å². The van der Waals surface area contributed by atoms with Crippen LogP contribution in [0.15, 0.2) is 63.6 Å². The fourth-order valence-electron chi connectivity index (χ4n) is 7.71. The largest absolute Gasteiger partial charge is 0.459 e. The molecule has 42 heavy (non-hydrogen) atoms. The van der Waals surface area contributed by atoms with Crippen LogP contribution in [0.5, 0.6) is 0 Å². The number of piperidine rings is 1. The van der Waals surface area contributed by atoms with E-state index in [9.17, 15) is 19.7 Å². The summed E-state index contributed by atoms with van der Waals surface area (Å²) in [6.45, 7) is 6.56. The minimum Gasteiger partial charge on any atom is -0.459 e. The van der Waals surface area contributed by atoms with Gasteiger partial charge in [0.2, 0.25) is 11.8 Å². The molecular formula is C33H41BN2O6. The summed E-state index contributed by atoms with van der Waals surface area (Å²) >= 11 is 0. The van der Waals surface area contributed by atoms with Gasteiger partial charge in [0.1, 0.15) is 18.1 Å². The predicted molar refractivity (Wildman–Crippen MR) is 160 cm³/mol. The number of carbonyl (C=O) groups is 2. The number of likely N-dealkylation sites (tertiary alicyclic amines) is 2. The minimum absolute atomic E-state index is 0.0260. The maximum absolute atomic E-state index is 14.0. The second-order valence-electron chi connectivity index (χ2n) is 12.5. The Bertz CT molecular complexity index is 1360. The van der Waals surface area contributed by atoms with Gasteiger partial charge in [-0.1, -0.05) is 41.5 Å². The molecule has 6 rings (SSSR count). The van der Waals surface area contributed by atoms with Gasteiger partial charge in [-0.15, -0.1) is 0 Å². The molecule has 3 saturated heterocycles. The molecule has 8 nitrogen and oxygen atoms in total. The molecule has 1 aliphatic carbocycles. The normalized spacial score (nSPS) is 27.6. The number of carbonyl (C=O) groups excluding carboxylic acids is 2. The summed E-state index contributed by atoms with van der Waals surface area (Å²) in [5, 5.41) is 20.0. The van der Waals surface area contributed by atoms with Crippen LogP contribution in [-0.2, 0) is 27.4 Å². The average Bonchev–Trinajstić information content (AvgIpc) is 3.53. The van der Waals surface area contributed by atoms with Gasteiger partial charge in [-0.25, -0.2) is 0 Å². The molecule has 0 radical (unpaired) electrons. The Morgan fingerprint density at radius 3 is 2.55 bits per heavy atom. The number of nitrogens with zero attached hydrogens (tertiary/aromatic N) is 2. The number of amides is 2. The average molecular weight is 573 g/mol. The number of allylic oxidation sites excluding steroid dienone is 2. The van der Waals surface area contributed by atoms with Crippen LogP contribution in [0, 0.1) is 17.8 Å². The van der Waals surface area contributed by atoms with Crippen molar-refractivity contribution in [3.63, 3.8) is 0 Å². The fraction of sp³-hybridized carbons (Fsp3) is 0.515. The third kappa shape index (κ3) is 5.80. The van der Waals surface area contributed by atoms with E-state index in [2.05, 4.69) is 36.1 Å². The second-order valence-corrected chi connectivity index (χ2v) is 12.5. The van der Waals surface area contributed by atoms with Gasteiger partial charge in [0.25, 0.3) is 0 Å². The Hall–Kier alpha value is -2.98. The highest BCUT2D eigenvalue weighted by Gasteiger charge is 2.58. The van der Waals surface area contributed by atoms with Crippen LogP contribution in [-0.4, -0.2) is 64.1 Å². The van der Waals surface area contributed by atoms with Crippen LogP contribution in [0.25, 0.3) is 6.08 Å². The van der Waals surface area contributed by atoms with Crippen molar-refractivity contribution in [3.8, 4) is 0 Å². The van der Waals surface area contributed by atoms with E-state index in [1.807, 2.05) is 25.1 Å². The maximum Gasteiger partial charge on any atom is 0.455 e. The molecule has 3 fully saturated rings. The molecule has 3 aliphatic heterocycles. The zero-order valence-electron chi connectivity index (χ0n) is 24.6. The summed E-state index contributed by atoms with van der Waals surface area (Å²) in [5.74, 6) is 0.187. The van der Waals surface area contributed by atoms with E-state index in [0.717, 1.165) is 55.6 Å². The van der Waals surface area contributed by atoms with E-state index in [1.165, 1.54) is 5.56 Å². The summed E-state index contributed by atoms with van der Waals surface area (Å²) in [6.07, 6.45) is 5.56. The third-order valence-corrected chi connectivity index (χ3v) is 9.69. The van der Waals surface area contributed by atoms with E-state index in [0.29, 0.717) is 30.7 Å². The van der Waals surface area contributed by atoms with E-state index in [-0.39, 0.29) is 42.4 Å². The Balaban J connectivity index is 1.13. The lowest BCUT2D eigenvalue weighted by Gasteiger charge is -2.42. The molecule has 0 spiro atoms. The number of aliphatic hydroxyl groups is 1. The SMILES string of the molecule is CC1=C2[C@@H](CC/C(C)=C/c3ccc(CO)o3)OB(O)C[C@@H]2[C@@H]2C(=O)N(C3CCN(Cc4ccccc4)CC3)C(=O)[C@@H]2C1. The summed E-state index contributed by atoms with van der Waals surface area (Å²) in [5.41, 5.74) is 4.60. The zero-order chi connectivity index (χ0) is 29.4. The number of benzene rings is 1. The van der Waals surface area contributed by atoms with Crippen molar-refractivity contribution in [3.05, 3.63) is 76.3 Å². The number of aliphatic hydroxyl groups excluding tert-OH is 1. The molecule has 2 N–H and O–H groups in total. The van der Waals surface area contributed by atoms with Gasteiger partial charge >= 0.3 is 7.12 Å². The zero-order valence-corrected chi connectivity index (χ0v) is 24.6. The lowest BCUT2D eigenvalue weighted by molar-refractivity contribution is -0.144. The number of furan rings is 1. The molecule has 1 aromatic carbocycles. The molecule has 0 bridgehead atoms. The topological polar surface area (TPSA) is 103 Å². The maximum atomic E-state index is 14.0. The molecule has 2 amide bonds. The smallest absolute Gasteiger partial charge is 0.455 e. The Morgan fingerprint density at radius 2 is 1.83 bits per heavy atom. The van der Waals surface area contributed by atoms with Crippen LogP contribution in [0.2, 0.25) is 6.32 Å². The second kappa shape index (κ2) is 12.3. The van der Waals surface area contributed by atoms with Gasteiger partial charge in [0, 0.05) is 25.7 Å². The standard InChI is InChI=1S/C33H41BN2O6/c1-21(16-25-9-10-26(20-37)41-25)8-11-29-30-22(2)17-27-31(28(30)18-34(40)42-29)33(39)36(32(27)38)24-12-14-35(15-13-24)19-23-6-4-3-5-7-23/h3-7,9-10,16,24,27-29,31,37,40H,8,11-15,17-20H2,1-2H3/b21-16+/t27-,28+,29-,31-/m1/s1. The number of hydrogen-bond donors (Lipinski definition) is 2. The van der Waals surface area contributed by atoms with Crippen molar-refractivity contribution in [2.75, 3.05) is 13.1 Å². The summed E-state index contributed by atoms with van der Waals surface area (Å²) in [4.78, 5) is 31.8. The molecular weight excluding hydrogens is 531 g/mol. The molecule has 9 heteroatoms. The van der Waals surface area contributed by atoms with Crippen LogP contribution in [0.4, 0.5) is 0 Å². The lowest BCUT2D eigenvalue weighted by Crippen LogP contribution is -2.48. The molecule has 4 aliphatic rings. The van der Waals surface area contributed by atoms with Gasteiger partial charge in [-0.2, -0.15) is 0 Å². The van der Waals surface area contributed by atoms with Gasteiger partial charge in [0.15, 0.2) is 0 Å². The first-order valence-electron chi connectivity index (χ1n) is 15.4.